The van der Waals surface area contributed by atoms with Crippen LogP contribution in [0.4, 0.5) is 0 Å². The molecule has 0 saturated carbocycles. The van der Waals surface area contributed by atoms with Gasteiger partial charge in [0.15, 0.2) is 0 Å². The van der Waals surface area contributed by atoms with Gasteiger partial charge in [0.25, 0.3) is 0 Å². The van der Waals surface area contributed by atoms with E-state index in [1.165, 1.54) is 0 Å². The summed E-state index contributed by atoms with van der Waals surface area (Å²) >= 11 is 0. The van der Waals surface area contributed by atoms with Crippen molar-refractivity contribution < 1.29 is 9.59 Å². The SMILES string of the molecule is Cc1nn(-c2ccccc2)c(C)c1/C=C/C(=O)N1CC[C@H](C(N)=O)C1. The fourth-order valence-electron chi connectivity index (χ4n) is 3.17. The number of hydrogen-bond donors (Lipinski definition) is 1. The fourth-order valence-corrected chi connectivity index (χ4v) is 3.17. The van der Waals surface area contributed by atoms with E-state index in [9.17, 15) is 9.59 Å². The molecule has 2 N–H and O–H groups in total. The minimum Gasteiger partial charge on any atom is -0.369 e. The second kappa shape index (κ2) is 6.93. The first-order valence-electron chi connectivity index (χ1n) is 8.35. The predicted octanol–water partition coefficient (Wildman–Crippen LogP) is 1.84. The van der Waals surface area contributed by atoms with Gasteiger partial charge < -0.3 is 10.6 Å². The Labute approximate surface area is 146 Å². The molecular weight excluding hydrogens is 316 g/mol. The van der Waals surface area contributed by atoms with Crippen molar-refractivity contribution in [1.29, 1.82) is 0 Å². The van der Waals surface area contributed by atoms with Gasteiger partial charge in [-0.25, -0.2) is 4.68 Å². The van der Waals surface area contributed by atoms with Gasteiger partial charge in [0.2, 0.25) is 11.8 Å². The van der Waals surface area contributed by atoms with Crippen LogP contribution in [0.25, 0.3) is 11.8 Å². The Morgan fingerprint density at radius 1 is 1.24 bits per heavy atom. The van der Waals surface area contributed by atoms with Crippen molar-refractivity contribution >= 4 is 17.9 Å². The third-order valence-corrected chi connectivity index (χ3v) is 4.64. The summed E-state index contributed by atoms with van der Waals surface area (Å²) in [5.74, 6) is -0.674. The number of rotatable bonds is 4. The zero-order valence-corrected chi connectivity index (χ0v) is 14.5. The number of hydrogen-bond acceptors (Lipinski definition) is 3. The topological polar surface area (TPSA) is 81.2 Å². The molecule has 1 saturated heterocycles. The molecule has 0 bridgehead atoms. The Hall–Kier alpha value is -2.89. The first-order chi connectivity index (χ1) is 12.0. The summed E-state index contributed by atoms with van der Waals surface area (Å²) in [4.78, 5) is 25.2. The largest absolute Gasteiger partial charge is 0.369 e. The summed E-state index contributed by atoms with van der Waals surface area (Å²) in [6, 6.07) is 9.88. The van der Waals surface area contributed by atoms with Crippen molar-refractivity contribution in [2.75, 3.05) is 13.1 Å². The molecule has 130 valence electrons. The molecule has 1 aromatic carbocycles. The number of benzene rings is 1. The number of aromatic nitrogens is 2. The first kappa shape index (κ1) is 17.0. The number of likely N-dealkylation sites (tertiary alicyclic amines) is 1. The monoisotopic (exact) mass is 338 g/mol. The predicted molar refractivity (Wildman–Crippen MR) is 96.0 cm³/mol. The summed E-state index contributed by atoms with van der Waals surface area (Å²) in [5.41, 5.74) is 9.07. The second-order valence-electron chi connectivity index (χ2n) is 6.34. The summed E-state index contributed by atoms with van der Waals surface area (Å²) in [7, 11) is 0. The van der Waals surface area contributed by atoms with E-state index in [1.807, 2.05) is 48.9 Å². The van der Waals surface area contributed by atoms with Crippen LogP contribution in [0, 0.1) is 19.8 Å². The lowest BCUT2D eigenvalue weighted by Gasteiger charge is -2.13. The second-order valence-corrected chi connectivity index (χ2v) is 6.34. The van der Waals surface area contributed by atoms with Gasteiger partial charge in [-0.15, -0.1) is 0 Å². The highest BCUT2D eigenvalue weighted by molar-refractivity contribution is 5.93. The number of nitrogens with zero attached hydrogens (tertiary/aromatic N) is 3. The number of carbonyl (C=O) groups excluding carboxylic acids is 2. The van der Waals surface area contributed by atoms with Gasteiger partial charge >= 0.3 is 0 Å². The maximum absolute atomic E-state index is 12.3. The normalized spacial score (nSPS) is 17.4. The molecule has 3 rings (SSSR count). The average molecular weight is 338 g/mol. The average Bonchev–Trinajstić information content (AvgIpc) is 3.20. The van der Waals surface area contributed by atoms with E-state index in [1.54, 1.807) is 17.1 Å². The molecule has 0 spiro atoms. The molecule has 0 unspecified atom stereocenters. The Morgan fingerprint density at radius 2 is 1.96 bits per heavy atom. The van der Waals surface area contributed by atoms with E-state index in [0.717, 1.165) is 22.6 Å². The van der Waals surface area contributed by atoms with Gasteiger partial charge in [-0.2, -0.15) is 5.10 Å². The highest BCUT2D eigenvalue weighted by atomic mass is 16.2. The van der Waals surface area contributed by atoms with Crippen molar-refractivity contribution in [2.45, 2.75) is 20.3 Å². The van der Waals surface area contributed by atoms with Gasteiger partial charge in [-0.3, -0.25) is 9.59 Å². The number of nitrogens with two attached hydrogens (primary N) is 1. The molecule has 6 heteroatoms. The van der Waals surface area contributed by atoms with Crippen LogP contribution < -0.4 is 5.73 Å². The van der Waals surface area contributed by atoms with Crippen LogP contribution >= 0.6 is 0 Å². The summed E-state index contributed by atoms with van der Waals surface area (Å²) in [6.45, 7) is 4.88. The molecular formula is C19H22N4O2. The molecule has 1 aromatic heterocycles. The van der Waals surface area contributed by atoms with E-state index >= 15 is 0 Å². The van der Waals surface area contributed by atoms with Gasteiger partial charge in [0.1, 0.15) is 0 Å². The smallest absolute Gasteiger partial charge is 0.246 e. The molecule has 2 heterocycles. The van der Waals surface area contributed by atoms with Crippen molar-refractivity contribution in [3.05, 3.63) is 53.4 Å². The van der Waals surface area contributed by atoms with Crippen LogP contribution in [0.5, 0.6) is 0 Å². The lowest BCUT2D eigenvalue weighted by molar-refractivity contribution is -0.125. The van der Waals surface area contributed by atoms with Gasteiger partial charge in [0.05, 0.1) is 17.3 Å². The summed E-state index contributed by atoms with van der Waals surface area (Å²) in [5, 5.41) is 4.57. The third-order valence-electron chi connectivity index (χ3n) is 4.64. The molecule has 6 nitrogen and oxygen atoms in total. The van der Waals surface area contributed by atoms with Crippen LogP contribution in [0.2, 0.25) is 0 Å². The van der Waals surface area contributed by atoms with Gasteiger partial charge in [0, 0.05) is 30.4 Å². The minimum atomic E-state index is -0.338. The number of primary amides is 1. The van der Waals surface area contributed by atoms with Crippen LogP contribution in [-0.2, 0) is 9.59 Å². The lowest BCUT2D eigenvalue weighted by atomic mass is 10.1. The third kappa shape index (κ3) is 3.47. The maximum atomic E-state index is 12.3. The Balaban J connectivity index is 1.77. The zero-order chi connectivity index (χ0) is 18.0. The molecule has 1 aliphatic rings. The van der Waals surface area contributed by atoms with Crippen LogP contribution in [0.3, 0.4) is 0 Å². The molecule has 1 aliphatic heterocycles. The van der Waals surface area contributed by atoms with Crippen LogP contribution in [0.1, 0.15) is 23.4 Å². The highest BCUT2D eigenvalue weighted by Gasteiger charge is 2.28. The van der Waals surface area contributed by atoms with Crippen molar-refractivity contribution in [3.8, 4) is 5.69 Å². The Kier molecular flexibility index (Phi) is 4.70. The molecule has 2 amide bonds. The van der Waals surface area contributed by atoms with E-state index in [2.05, 4.69) is 5.10 Å². The summed E-state index contributed by atoms with van der Waals surface area (Å²) < 4.78 is 1.87. The molecule has 25 heavy (non-hydrogen) atoms. The fraction of sp³-hybridized carbons (Fsp3) is 0.316. The lowest BCUT2D eigenvalue weighted by Crippen LogP contribution is -2.30. The van der Waals surface area contributed by atoms with Crippen LogP contribution in [-0.4, -0.2) is 39.6 Å². The van der Waals surface area contributed by atoms with Crippen molar-refractivity contribution in [2.24, 2.45) is 11.7 Å². The van der Waals surface area contributed by atoms with Crippen LogP contribution in [0.15, 0.2) is 36.4 Å². The number of aryl methyl sites for hydroxylation is 1. The zero-order valence-electron chi connectivity index (χ0n) is 14.5. The van der Waals surface area contributed by atoms with Crippen molar-refractivity contribution in [1.82, 2.24) is 14.7 Å². The van der Waals surface area contributed by atoms with Crippen molar-refractivity contribution in [3.63, 3.8) is 0 Å². The van der Waals surface area contributed by atoms with Gasteiger partial charge in [-0.05, 0) is 38.5 Å². The molecule has 0 radical (unpaired) electrons. The Morgan fingerprint density at radius 3 is 2.60 bits per heavy atom. The molecule has 2 aromatic rings. The summed E-state index contributed by atoms with van der Waals surface area (Å²) in [6.07, 6.45) is 3.99. The minimum absolute atomic E-state index is 0.102. The van der Waals surface area contributed by atoms with Gasteiger partial charge in [-0.1, -0.05) is 18.2 Å². The number of amides is 2. The molecule has 1 atom stereocenters. The van der Waals surface area contributed by atoms with E-state index in [4.69, 9.17) is 5.73 Å². The standard InChI is InChI=1S/C19H22N4O2/c1-13-17(14(2)23(21-13)16-6-4-3-5-7-16)8-9-18(24)22-11-10-15(12-22)19(20)25/h3-9,15H,10-12H2,1-2H3,(H2,20,25)/b9-8+/t15-/m0/s1. The van der Waals surface area contributed by atoms with E-state index < -0.39 is 0 Å². The number of para-hydroxylation sites is 1. The molecule has 0 aliphatic carbocycles. The van der Waals surface area contributed by atoms with E-state index in [-0.39, 0.29) is 17.7 Å². The highest BCUT2D eigenvalue weighted by Crippen LogP contribution is 2.20. The first-order valence-corrected chi connectivity index (χ1v) is 8.35. The Bertz CT molecular complexity index is 823. The van der Waals surface area contributed by atoms with E-state index in [0.29, 0.717) is 19.5 Å². The number of carbonyl (C=O) groups is 2. The quantitative estimate of drug-likeness (QED) is 0.864. The maximum Gasteiger partial charge on any atom is 0.246 e. The molecule has 1 fully saturated rings.